The lowest BCUT2D eigenvalue weighted by Gasteiger charge is -2.33. The highest BCUT2D eigenvalue weighted by atomic mass is 79.9. The maximum absolute atomic E-state index is 12.0. The number of carbonyl (C=O) groups excluding carboxylic acids is 1. The Balaban J connectivity index is 1.75. The van der Waals surface area contributed by atoms with Gasteiger partial charge < -0.3 is 10.2 Å². The summed E-state index contributed by atoms with van der Waals surface area (Å²) in [5.74, 6) is 0. The molecule has 1 aromatic rings. The van der Waals surface area contributed by atoms with Gasteiger partial charge in [0.1, 0.15) is 0 Å². The van der Waals surface area contributed by atoms with E-state index in [-0.39, 0.29) is 6.03 Å². The van der Waals surface area contributed by atoms with E-state index in [9.17, 15) is 13.2 Å². The highest BCUT2D eigenvalue weighted by Crippen LogP contribution is 2.12. The van der Waals surface area contributed by atoms with E-state index < -0.39 is 10.0 Å². The quantitative estimate of drug-likeness (QED) is 0.842. The van der Waals surface area contributed by atoms with Crippen molar-refractivity contribution < 1.29 is 13.2 Å². The third-order valence-corrected chi connectivity index (χ3v) is 5.37. The smallest absolute Gasteiger partial charge is 0.317 e. The Labute approximate surface area is 139 Å². The van der Waals surface area contributed by atoms with Crippen LogP contribution in [-0.2, 0) is 16.4 Å². The number of halogens is 1. The number of hydrogen-bond donors (Lipinski definition) is 1. The van der Waals surface area contributed by atoms with Gasteiger partial charge in [-0.1, -0.05) is 28.1 Å². The fourth-order valence-electron chi connectivity index (χ4n) is 2.34. The van der Waals surface area contributed by atoms with Gasteiger partial charge >= 0.3 is 6.03 Å². The summed E-state index contributed by atoms with van der Waals surface area (Å²) in [7, 11) is -3.16. The Kier molecular flexibility index (Phi) is 5.82. The summed E-state index contributed by atoms with van der Waals surface area (Å²) in [5.41, 5.74) is 1.15. The van der Waals surface area contributed by atoms with Crippen LogP contribution in [0.4, 0.5) is 4.79 Å². The van der Waals surface area contributed by atoms with E-state index in [0.29, 0.717) is 32.7 Å². The molecule has 1 fully saturated rings. The molecule has 1 N–H and O–H groups in total. The number of carbonyl (C=O) groups is 1. The van der Waals surface area contributed by atoms with Crippen molar-refractivity contribution in [2.24, 2.45) is 0 Å². The van der Waals surface area contributed by atoms with E-state index in [2.05, 4.69) is 21.2 Å². The van der Waals surface area contributed by atoms with Gasteiger partial charge in [-0.15, -0.1) is 0 Å². The lowest BCUT2D eigenvalue weighted by Crippen LogP contribution is -2.53. The minimum Gasteiger partial charge on any atom is -0.338 e. The number of hydrogen-bond acceptors (Lipinski definition) is 3. The van der Waals surface area contributed by atoms with Gasteiger partial charge in [-0.3, -0.25) is 0 Å². The first-order valence-corrected chi connectivity index (χ1v) is 9.73. The normalized spacial score (nSPS) is 16.5. The first-order chi connectivity index (χ1) is 10.4. The Morgan fingerprint density at radius 2 is 1.95 bits per heavy atom. The lowest BCUT2D eigenvalue weighted by molar-refractivity contribution is 0.172. The Morgan fingerprint density at radius 1 is 1.27 bits per heavy atom. The van der Waals surface area contributed by atoms with E-state index in [1.54, 1.807) is 4.90 Å². The van der Waals surface area contributed by atoms with Crippen molar-refractivity contribution in [2.75, 3.05) is 39.0 Å². The number of piperazine rings is 1. The second-order valence-corrected chi connectivity index (χ2v) is 8.16. The summed E-state index contributed by atoms with van der Waals surface area (Å²) in [5, 5.41) is 2.88. The van der Waals surface area contributed by atoms with Crippen LogP contribution in [-0.4, -0.2) is 62.6 Å². The van der Waals surface area contributed by atoms with Gasteiger partial charge in [-0.2, -0.15) is 4.31 Å². The van der Waals surface area contributed by atoms with E-state index in [1.807, 2.05) is 24.3 Å². The molecule has 122 valence electrons. The zero-order chi connectivity index (χ0) is 16.2. The van der Waals surface area contributed by atoms with Crippen LogP contribution in [0.15, 0.2) is 28.7 Å². The molecule has 1 saturated heterocycles. The zero-order valence-corrected chi connectivity index (χ0v) is 14.9. The minimum atomic E-state index is -3.16. The number of nitrogens with one attached hydrogen (secondary N) is 1. The number of benzene rings is 1. The van der Waals surface area contributed by atoms with Gasteiger partial charge in [0.2, 0.25) is 10.0 Å². The average Bonchev–Trinajstić information content (AvgIpc) is 2.46. The second-order valence-electron chi connectivity index (χ2n) is 5.26. The topological polar surface area (TPSA) is 69.7 Å². The van der Waals surface area contributed by atoms with Crippen LogP contribution >= 0.6 is 15.9 Å². The summed E-state index contributed by atoms with van der Waals surface area (Å²) in [6.45, 7) is 2.13. The van der Waals surface area contributed by atoms with Crippen LogP contribution in [0.3, 0.4) is 0 Å². The number of rotatable bonds is 4. The summed E-state index contributed by atoms with van der Waals surface area (Å²) in [6, 6.07) is 7.83. The summed E-state index contributed by atoms with van der Waals surface area (Å²) in [6.07, 6.45) is 1.95. The Bertz CT molecular complexity index is 628. The summed E-state index contributed by atoms with van der Waals surface area (Å²) < 4.78 is 25.3. The molecule has 0 aromatic heterocycles. The predicted octanol–water partition coefficient (Wildman–Crippen LogP) is 1.28. The van der Waals surface area contributed by atoms with Gasteiger partial charge in [0, 0.05) is 37.2 Å². The average molecular weight is 390 g/mol. The van der Waals surface area contributed by atoms with Crippen LogP contribution in [0.25, 0.3) is 0 Å². The van der Waals surface area contributed by atoms with Crippen molar-refractivity contribution in [3.63, 3.8) is 0 Å². The molecule has 0 spiro atoms. The molecule has 2 rings (SSSR count). The maximum Gasteiger partial charge on any atom is 0.317 e. The van der Waals surface area contributed by atoms with Crippen LogP contribution < -0.4 is 5.32 Å². The fourth-order valence-corrected chi connectivity index (χ4v) is 3.61. The molecule has 1 aromatic carbocycles. The van der Waals surface area contributed by atoms with Crippen LogP contribution in [0.5, 0.6) is 0 Å². The first kappa shape index (κ1) is 17.2. The highest BCUT2D eigenvalue weighted by molar-refractivity contribution is 9.10. The molecule has 0 radical (unpaired) electrons. The van der Waals surface area contributed by atoms with Gasteiger partial charge in [0.25, 0.3) is 0 Å². The standard InChI is InChI=1S/C14H20BrN3O3S/c1-22(20,21)18-9-7-17(8-10-18)14(19)16-6-5-12-3-2-4-13(15)11-12/h2-4,11H,5-10H2,1H3,(H,16,19). The molecule has 0 atom stereocenters. The van der Waals surface area contributed by atoms with Crippen LogP contribution in [0.1, 0.15) is 5.56 Å². The molecule has 8 heteroatoms. The molecule has 0 aliphatic carbocycles. The largest absolute Gasteiger partial charge is 0.338 e. The first-order valence-electron chi connectivity index (χ1n) is 7.08. The maximum atomic E-state index is 12.0. The monoisotopic (exact) mass is 389 g/mol. The number of amides is 2. The van der Waals surface area contributed by atoms with Crippen molar-refractivity contribution in [1.29, 1.82) is 0 Å². The van der Waals surface area contributed by atoms with Crippen molar-refractivity contribution >= 4 is 32.0 Å². The molecular formula is C14H20BrN3O3S. The minimum absolute atomic E-state index is 0.136. The van der Waals surface area contributed by atoms with Crippen LogP contribution in [0, 0.1) is 0 Å². The highest BCUT2D eigenvalue weighted by Gasteiger charge is 2.25. The molecule has 6 nitrogen and oxygen atoms in total. The molecule has 1 aliphatic rings. The van der Waals surface area contributed by atoms with E-state index in [0.717, 1.165) is 16.5 Å². The summed E-state index contributed by atoms with van der Waals surface area (Å²) >= 11 is 3.42. The number of sulfonamides is 1. The van der Waals surface area contributed by atoms with Gasteiger partial charge in [-0.05, 0) is 24.1 Å². The Hall–Kier alpha value is -1.12. The molecular weight excluding hydrogens is 370 g/mol. The van der Waals surface area contributed by atoms with Gasteiger partial charge in [0.05, 0.1) is 6.26 Å². The van der Waals surface area contributed by atoms with E-state index in [4.69, 9.17) is 0 Å². The molecule has 1 aliphatic heterocycles. The molecule has 1 heterocycles. The zero-order valence-electron chi connectivity index (χ0n) is 12.5. The molecule has 22 heavy (non-hydrogen) atoms. The number of urea groups is 1. The SMILES string of the molecule is CS(=O)(=O)N1CCN(C(=O)NCCc2cccc(Br)c2)CC1. The third kappa shape index (κ3) is 4.96. The fraction of sp³-hybridized carbons (Fsp3) is 0.500. The number of nitrogens with zero attached hydrogens (tertiary/aromatic N) is 2. The van der Waals surface area contributed by atoms with Crippen molar-refractivity contribution in [1.82, 2.24) is 14.5 Å². The van der Waals surface area contributed by atoms with Gasteiger partial charge in [0.15, 0.2) is 0 Å². The van der Waals surface area contributed by atoms with Gasteiger partial charge in [-0.25, -0.2) is 13.2 Å². The third-order valence-electron chi connectivity index (χ3n) is 3.57. The lowest BCUT2D eigenvalue weighted by atomic mass is 10.1. The second kappa shape index (κ2) is 7.43. The molecule has 0 bridgehead atoms. The summed E-state index contributed by atoms with van der Waals surface area (Å²) in [4.78, 5) is 13.7. The molecule has 0 unspecified atom stereocenters. The van der Waals surface area contributed by atoms with E-state index in [1.165, 1.54) is 10.6 Å². The predicted molar refractivity (Wildman–Crippen MR) is 89.2 cm³/mol. The molecule has 2 amide bonds. The van der Waals surface area contributed by atoms with Crippen molar-refractivity contribution in [3.8, 4) is 0 Å². The van der Waals surface area contributed by atoms with Crippen molar-refractivity contribution in [3.05, 3.63) is 34.3 Å². The van der Waals surface area contributed by atoms with E-state index >= 15 is 0 Å². The van der Waals surface area contributed by atoms with Crippen molar-refractivity contribution in [2.45, 2.75) is 6.42 Å². The van der Waals surface area contributed by atoms with Crippen LogP contribution in [0.2, 0.25) is 0 Å². The Morgan fingerprint density at radius 3 is 2.55 bits per heavy atom. The molecule has 0 saturated carbocycles.